The molecule has 0 spiro atoms. The summed E-state index contributed by atoms with van der Waals surface area (Å²) < 4.78 is 0. The second-order valence-electron chi connectivity index (χ2n) is 4.16. The number of nitro benzene ring substituents is 1. The van der Waals surface area contributed by atoms with Crippen molar-refractivity contribution in [2.24, 2.45) is 0 Å². The zero-order valence-corrected chi connectivity index (χ0v) is 10.8. The average Bonchev–Trinajstić information content (AvgIpc) is 2.37. The fourth-order valence-electron chi connectivity index (χ4n) is 1.80. The summed E-state index contributed by atoms with van der Waals surface area (Å²) in [6.07, 6.45) is 1.69. The maximum absolute atomic E-state index is 10.9. The van der Waals surface area contributed by atoms with Crippen LogP contribution in [-0.2, 0) is 6.54 Å². The van der Waals surface area contributed by atoms with E-state index in [-0.39, 0.29) is 10.6 Å². The van der Waals surface area contributed by atoms with Gasteiger partial charge in [0.15, 0.2) is 0 Å². The molecule has 0 saturated heterocycles. The molecule has 0 aliphatic rings. The van der Waals surface area contributed by atoms with Crippen LogP contribution in [0.25, 0.3) is 0 Å². The summed E-state index contributed by atoms with van der Waals surface area (Å²) in [5.74, 6) is 0.704. The molecule has 2 aromatic rings. The lowest BCUT2D eigenvalue weighted by Crippen LogP contribution is -2.05. The van der Waals surface area contributed by atoms with Crippen LogP contribution in [-0.4, -0.2) is 14.9 Å². The van der Waals surface area contributed by atoms with E-state index in [4.69, 9.17) is 0 Å². The molecule has 0 saturated carbocycles. The number of nitrogens with one attached hydrogen (secondary N) is 1. The van der Waals surface area contributed by atoms with E-state index in [9.17, 15) is 10.1 Å². The zero-order valence-electron chi connectivity index (χ0n) is 10.8. The van der Waals surface area contributed by atoms with E-state index in [0.717, 1.165) is 11.4 Å². The highest BCUT2D eigenvalue weighted by Crippen LogP contribution is 2.25. The van der Waals surface area contributed by atoms with Gasteiger partial charge in [-0.3, -0.25) is 10.1 Å². The summed E-state index contributed by atoms with van der Waals surface area (Å²) in [4.78, 5) is 18.8. The summed E-state index contributed by atoms with van der Waals surface area (Å²) in [6.45, 7) is 4.05. The molecule has 19 heavy (non-hydrogen) atoms. The maximum atomic E-state index is 10.9. The first-order valence-corrected chi connectivity index (χ1v) is 5.84. The first-order valence-electron chi connectivity index (χ1n) is 5.84. The standard InChI is InChI=1S/C13H14N4O2/c1-9-12(4-3-5-13(9)17(18)19)15-8-11-6-7-14-10(2)16-11/h3-7,15H,8H2,1-2H3. The van der Waals surface area contributed by atoms with Gasteiger partial charge in [0, 0.05) is 23.5 Å². The molecule has 6 nitrogen and oxygen atoms in total. The van der Waals surface area contributed by atoms with Crippen LogP contribution in [0.15, 0.2) is 30.5 Å². The molecular weight excluding hydrogens is 244 g/mol. The SMILES string of the molecule is Cc1nccc(CNc2cccc([N+](=O)[O-])c2C)n1. The molecule has 0 unspecified atom stereocenters. The molecule has 1 aromatic carbocycles. The number of hydrogen-bond acceptors (Lipinski definition) is 5. The van der Waals surface area contributed by atoms with Gasteiger partial charge < -0.3 is 5.32 Å². The predicted molar refractivity (Wildman–Crippen MR) is 71.9 cm³/mol. The van der Waals surface area contributed by atoms with Crippen molar-refractivity contribution in [3.05, 3.63) is 57.7 Å². The minimum absolute atomic E-state index is 0.115. The first kappa shape index (κ1) is 12.9. The molecule has 1 N–H and O–H groups in total. The molecule has 0 fully saturated rings. The van der Waals surface area contributed by atoms with Gasteiger partial charge in [-0.1, -0.05) is 6.07 Å². The van der Waals surface area contributed by atoms with E-state index in [0.29, 0.717) is 17.9 Å². The van der Waals surface area contributed by atoms with E-state index in [2.05, 4.69) is 15.3 Å². The number of aryl methyl sites for hydroxylation is 1. The Kier molecular flexibility index (Phi) is 3.70. The van der Waals surface area contributed by atoms with Crippen molar-refractivity contribution in [2.75, 3.05) is 5.32 Å². The van der Waals surface area contributed by atoms with Crippen molar-refractivity contribution in [2.45, 2.75) is 20.4 Å². The fourth-order valence-corrected chi connectivity index (χ4v) is 1.80. The third kappa shape index (κ3) is 3.04. The molecule has 1 aromatic heterocycles. The van der Waals surface area contributed by atoms with Gasteiger partial charge in [-0.15, -0.1) is 0 Å². The normalized spacial score (nSPS) is 10.2. The summed E-state index contributed by atoms with van der Waals surface area (Å²) in [5.41, 5.74) is 2.33. The Labute approximate surface area is 110 Å². The Hall–Kier alpha value is -2.50. The van der Waals surface area contributed by atoms with E-state index < -0.39 is 0 Å². The lowest BCUT2D eigenvalue weighted by molar-refractivity contribution is -0.385. The number of aromatic nitrogens is 2. The Morgan fingerprint density at radius 2 is 2.11 bits per heavy atom. The second kappa shape index (κ2) is 5.43. The van der Waals surface area contributed by atoms with Crippen molar-refractivity contribution in [3.63, 3.8) is 0 Å². The van der Waals surface area contributed by atoms with E-state index in [1.165, 1.54) is 6.07 Å². The number of anilines is 1. The van der Waals surface area contributed by atoms with Gasteiger partial charge in [0.2, 0.25) is 0 Å². The monoisotopic (exact) mass is 258 g/mol. The molecule has 0 atom stereocenters. The van der Waals surface area contributed by atoms with Crippen molar-refractivity contribution in [1.29, 1.82) is 0 Å². The van der Waals surface area contributed by atoms with Crippen LogP contribution in [0, 0.1) is 24.0 Å². The van der Waals surface area contributed by atoms with Gasteiger partial charge in [0.1, 0.15) is 5.82 Å². The Morgan fingerprint density at radius 3 is 2.79 bits per heavy atom. The maximum Gasteiger partial charge on any atom is 0.274 e. The highest BCUT2D eigenvalue weighted by atomic mass is 16.6. The topological polar surface area (TPSA) is 81.0 Å². The van der Waals surface area contributed by atoms with Crippen molar-refractivity contribution in [3.8, 4) is 0 Å². The van der Waals surface area contributed by atoms with Crippen molar-refractivity contribution < 1.29 is 4.92 Å². The summed E-state index contributed by atoms with van der Waals surface area (Å²) in [7, 11) is 0. The van der Waals surface area contributed by atoms with Gasteiger partial charge in [0.05, 0.1) is 17.2 Å². The second-order valence-corrected chi connectivity index (χ2v) is 4.16. The minimum atomic E-state index is -0.380. The van der Waals surface area contributed by atoms with E-state index in [1.807, 2.05) is 19.1 Å². The molecule has 0 aliphatic carbocycles. The lowest BCUT2D eigenvalue weighted by Gasteiger charge is -2.09. The first-order chi connectivity index (χ1) is 9.08. The Balaban J connectivity index is 2.16. The fraction of sp³-hybridized carbons (Fsp3) is 0.231. The number of benzene rings is 1. The number of nitrogens with zero attached hydrogens (tertiary/aromatic N) is 3. The largest absolute Gasteiger partial charge is 0.379 e. The number of nitro groups is 1. The molecule has 0 radical (unpaired) electrons. The molecule has 1 heterocycles. The highest BCUT2D eigenvalue weighted by Gasteiger charge is 2.12. The molecule has 6 heteroatoms. The van der Waals surface area contributed by atoms with Gasteiger partial charge in [0.25, 0.3) is 5.69 Å². The molecule has 98 valence electrons. The van der Waals surface area contributed by atoms with Crippen LogP contribution in [0.3, 0.4) is 0 Å². The van der Waals surface area contributed by atoms with Crippen LogP contribution >= 0.6 is 0 Å². The van der Waals surface area contributed by atoms with Crippen molar-refractivity contribution in [1.82, 2.24) is 9.97 Å². The molecule has 0 bridgehead atoms. The molecule has 0 aliphatic heterocycles. The summed E-state index contributed by atoms with van der Waals surface area (Å²) >= 11 is 0. The summed E-state index contributed by atoms with van der Waals surface area (Å²) in [6, 6.07) is 6.79. The van der Waals surface area contributed by atoms with E-state index >= 15 is 0 Å². The van der Waals surface area contributed by atoms with Crippen molar-refractivity contribution >= 4 is 11.4 Å². The Bertz CT molecular complexity index is 613. The van der Waals surface area contributed by atoms with Gasteiger partial charge in [-0.05, 0) is 26.0 Å². The molecule has 0 amide bonds. The smallest absolute Gasteiger partial charge is 0.274 e. The van der Waals surface area contributed by atoms with Gasteiger partial charge in [-0.25, -0.2) is 9.97 Å². The van der Waals surface area contributed by atoms with Gasteiger partial charge in [-0.2, -0.15) is 0 Å². The van der Waals surface area contributed by atoms with Crippen LogP contribution in [0.1, 0.15) is 17.1 Å². The third-order valence-corrected chi connectivity index (χ3v) is 2.80. The molecular formula is C13H14N4O2. The van der Waals surface area contributed by atoms with Gasteiger partial charge >= 0.3 is 0 Å². The van der Waals surface area contributed by atoms with E-state index in [1.54, 1.807) is 19.2 Å². The van der Waals surface area contributed by atoms with Crippen LogP contribution in [0.5, 0.6) is 0 Å². The summed E-state index contributed by atoms with van der Waals surface area (Å²) in [5, 5.41) is 14.0. The van der Waals surface area contributed by atoms with Crippen LogP contribution in [0.2, 0.25) is 0 Å². The quantitative estimate of drug-likeness (QED) is 0.673. The van der Waals surface area contributed by atoms with Crippen LogP contribution in [0.4, 0.5) is 11.4 Å². The van der Waals surface area contributed by atoms with Crippen LogP contribution < -0.4 is 5.32 Å². The Morgan fingerprint density at radius 1 is 1.32 bits per heavy atom. The minimum Gasteiger partial charge on any atom is -0.379 e. The third-order valence-electron chi connectivity index (χ3n) is 2.80. The number of hydrogen-bond donors (Lipinski definition) is 1. The average molecular weight is 258 g/mol. The lowest BCUT2D eigenvalue weighted by atomic mass is 10.1. The molecule has 2 rings (SSSR count). The predicted octanol–water partition coefficient (Wildman–Crippen LogP) is 2.61. The highest BCUT2D eigenvalue weighted by molar-refractivity contribution is 5.59. The zero-order chi connectivity index (χ0) is 13.8. The number of rotatable bonds is 4.